The van der Waals surface area contributed by atoms with Crippen LogP contribution in [0.3, 0.4) is 0 Å². The highest BCUT2D eigenvalue weighted by atomic mass is 16.4. The van der Waals surface area contributed by atoms with E-state index in [-0.39, 0.29) is 6.42 Å². The fourth-order valence-electron chi connectivity index (χ4n) is 2.39. The smallest absolute Gasteiger partial charge is 0.303 e. The van der Waals surface area contributed by atoms with Crippen molar-refractivity contribution in [3.05, 3.63) is 29.3 Å². The van der Waals surface area contributed by atoms with Gasteiger partial charge in [-0.2, -0.15) is 0 Å². The first-order valence-corrected chi connectivity index (χ1v) is 6.18. The third-order valence-electron chi connectivity index (χ3n) is 3.33. The molecule has 0 amide bonds. The molecule has 1 aliphatic rings. The van der Waals surface area contributed by atoms with Crippen LogP contribution in [0, 0.1) is 0 Å². The lowest BCUT2D eigenvalue weighted by molar-refractivity contribution is -0.136. The summed E-state index contributed by atoms with van der Waals surface area (Å²) in [7, 11) is 0. The Morgan fingerprint density at radius 2 is 2.24 bits per heavy atom. The topological polar surface area (TPSA) is 40.5 Å². The highest BCUT2D eigenvalue weighted by Crippen LogP contribution is 2.30. The summed E-state index contributed by atoms with van der Waals surface area (Å²) in [4.78, 5) is 13.0. The zero-order chi connectivity index (χ0) is 12.4. The van der Waals surface area contributed by atoms with Gasteiger partial charge in [-0.3, -0.25) is 4.79 Å². The summed E-state index contributed by atoms with van der Waals surface area (Å²) in [5.41, 5.74) is 3.80. The van der Waals surface area contributed by atoms with Crippen molar-refractivity contribution >= 4 is 11.7 Å². The summed E-state index contributed by atoms with van der Waals surface area (Å²) in [5.74, 6) is -0.730. The molecule has 0 fully saturated rings. The van der Waals surface area contributed by atoms with Gasteiger partial charge < -0.3 is 10.0 Å². The van der Waals surface area contributed by atoms with E-state index in [4.69, 9.17) is 5.11 Å². The average molecular weight is 233 g/mol. The first-order chi connectivity index (χ1) is 8.08. The molecule has 0 saturated carbocycles. The van der Waals surface area contributed by atoms with Crippen LogP contribution in [0.2, 0.25) is 0 Å². The fraction of sp³-hybridized carbons (Fsp3) is 0.500. The number of benzene rings is 1. The Morgan fingerprint density at radius 1 is 1.47 bits per heavy atom. The molecule has 0 unspecified atom stereocenters. The lowest BCUT2D eigenvalue weighted by Crippen LogP contribution is -2.28. The highest BCUT2D eigenvalue weighted by Gasteiger charge is 2.21. The molecule has 0 saturated heterocycles. The van der Waals surface area contributed by atoms with Gasteiger partial charge in [0.25, 0.3) is 0 Å². The Bertz CT molecular complexity index is 426. The molecule has 0 bridgehead atoms. The van der Waals surface area contributed by atoms with Crippen molar-refractivity contribution in [3.63, 3.8) is 0 Å². The van der Waals surface area contributed by atoms with E-state index in [1.807, 2.05) is 0 Å². The summed E-state index contributed by atoms with van der Waals surface area (Å²) >= 11 is 0. The van der Waals surface area contributed by atoms with Crippen molar-refractivity contribution < 1.29 is 9.90 Å². The molecule has 17 heavy (non-hydrogen) atoms. The molecule has 3 nitrogen and oxygen atoms in total. The van der Waals surface area contributed by atoms with Crippen molar-refractivity contribution in [1.82, 2.24) is 0 Å². The second-order valence-corrected chi connectivity index (χ2v) is 4.89. The van der Waals surface area contributed by atoms with Gasteiger partial charge in [-0.05, 0) is 43.9 Å². The van der Waals surface area contributed by atoms with Gasteiger partial charge in [0.15, 0.2) is 0 Å². The molecule has 1 N–H and O–H groups in total. The van der Waals surface area contributed by atoms with Crippen LogP contribution in [0.4, 0.5) is 5.69 Å². The predicted molar refractivity (Wildman–Crippen MR) is 68.6 cm³/mol. The van der Waals surface area contributed by atoms with Crippen molar-refractivity contribution in [2.24, 2.45) is 0 Å². The van der Waals surface area contributed by atoms with Crippen LogP contribution in [-0.4, -0.2) is 23.7 Å². The molecule has 1 aromatic rings. The Balaban J connectivity index is 2.18. The van der Waals surface area contributed by atoms with Gasteiger partial charge in [0, 0.05) is 24.7 Å². The number of hydrogen-bond acceptors (Lipinski definition) is 2. The molecule has 0 atom stereocenters. The lowest BCUT2D eigenvalue weighted by atomic mass is 10.1. The number of nitrogens with zero attached hydrogens (tertiary/aromatic N) is 1. The molecule has 92 valence electrons. The average Bonchev–Trinajstić information content (AvgIpc) is 2.69. The SMILES string of the molecule is CC(C)N1CCc2ccc(CCC(=O)O)cc21. The molecule has 1 aliphatic heterocycles. The number of fused-ring (bicyclic) bond motifs is 1. The van der Waals surface area contributed by atoms with Crippen molar-refractivity contribution in [1.29, 1.82) is 0 Å². The van der Waals surface area contributed by atoms with Crippen molar-refractivity contribution in [3.8, 4) is 0 Å². The Morgan fingerprint density at radius 3 is 2.88 bits per heavy atom. The van der Waals surface area contributed by atoms with E-state index in [0.29, 0.717) is 12.5 Å². The first-order valence-electron chi connectivity index (χ1n) is 6.18. The zero-order valence-electron chi connectivity index (χ0n) is 10.4. The Labute approximate surface area is 102 Å². The number of aliphatic carboxylic acids is 1. The van der Waals surface area contributed by atoms with Crippen molar-refractivity contribution in [2.75, 3.05) is 11.4 Å². The normalized spacial score (nSPS) is 14.2. The van der Waals surface area contributed by atoms with Gasteiger partial charge in [0.1, 0.15) is 0 Å². The third-order valence-corrected chi connectivity index (χ3v) is 3.33. The van der Waals surface area contributed by atoms with E-state index in [1.54, 1.807) is 0 Å². The van der Waals surface area contributed by atoms with Crippen LogP contribution in [0.5, 0.6) is 0 Å². The van der Waals surface area contributed by atoms with Gasteiger partial charge in [-0.1, -0.05) is 12.1 Å². The Kier molecular flexibility index (Phi) is 3.36. The molecule has 0 aromatic heterocycles. The molecular weight excluding hydrogens is 214 g/mol. The van der Waals surface area contributed by atoms with Crippen LogP contribution >= 0.6 is 0 Å². The lowest BCUT2D eigenvalue weighted by Gasteiger charge is -2.24. The monoisotopic (exact) mass is 233 g/mol. The summed E-state index contributed by atoms with van der Waals surface area (Å²) in [6.07, 6.45) is 1.93. The molecule has 0 aliphatic carbocycles. The van der Waals surface area contributed by atoms with Crippen LogP contribution in [-0.2, 0) is 17.6 Å². The fourth-order valence-corrected chi connectivity index (χ4v) is 2.39. The van der Waals surface area contributed by atoms with Crippen LogP contribution in [0.25, 0.3) is 0 Å². The van der Waals surface area contributed by atoms with Crippen LogP contribution < -0.4 is 4.90 Å². The maximum atomic E-state index is 10.6. The number of hydrogen-bond donors (Lipinski definition) is 1. The number of aryl methyl sites for hydroxylation is 1. The van der Waals surface area contributed by atoms with Crippen LogP contribution in [0.15, 0.2) is 18.2 Å². The number of anilines is 1. The maximum absolute atomic E-state index is 10.6. The minimum Gasteiger partial charge on any atom is -0.481 e. The van der Waals surface area contributed by atoms with Crippen LogP contribution in [0.1, 0.15) is 31.4 Å². The standard InChI is InChI=1S/C14H19NO2/c1-10(2)15-8-7-12-5-3-11(9-13(12)15)4-6-14(16)17/h3,5,9-10H,4,6-8H2,1-2H3,(H,16,17). The molecule has 1 heterocycles. The number of carbonyl (C=O) groups is 1. The summed E-state index contributed by atoms with van der Waals surface area (Å²) < 4.78 is 0. The second kappa shape index (κ2) is 4.78. The molecule has 3 heteroatoms. The minimum atomic E-state index is -0.730. The Hall–Kier alpha value is -1.51. The molecule has 0 radical (unpaired) electrons. The summed E-state index contributed by atoms with van der Waals surface area (Å²) in [6.45, 7) is 5.47. The quantitative estimate of drug-likeness (QED) is 0.868. The van der Waals surface area contributed by atoms with E-state index in [2.05, 4.69) is 36.9 Å². The molecule has 0 spiro atoms. The van der Waals surface area contributed by atoms with E-state index in [0.717, 1.165) is 18.5 Å². The zero-order valence-corrected chi connectivity index (χ0v) is 10.4. The number of carboxylic acid groups (broad SMARTS) is 1. The largest absolute Gasteiger partial charge is 0.481 e. The van der Waals surface area contributed by atoms with E-state index >= 15 is 0 Å². The predicted octanol–water partition coefficient (Wildman–Crippen LogP) is 2.47. The first kappa shape index (κ1) is 12.0. The second-order valence-electron chi connectivity index (χ2n) is 4.89. The minimum absolute atomic E-state index is 0.209. The maximum Gasteiger partial charge on any atom is 0.303 e. The molecule has 1 aromatic carbocycles. The van der Waals surface area contributed by atoms with E-state index in [1.165, 1.54) is 11.3 Å². The van der Waals surface area contributed by atoms with Gasteiger partial charge >= 0.3 is 5.97 Å². The molecular formula is C14H19NO2. The van der Waals surface area contributed by atoms with Gasteiger partial charge in [0.2, 0.25) is 0 Å². The third kappa shape index (κ3) is 2.60. The van der Waals surface area contributed by atoms with E-state index in [9.17, 15) is 4.79 Å². The van der Waals surface area contributed by atoms with E-state index < -0.39 is 5.97 Å². The summed E-state index contributed by atoms with van der Waals surface area (Å²) in [6, 6.07) is 6.87. The van der Waals surface area contributed by atoms with Crippen molar-refractivity contribution in [2.45, 2.75) is 39.2 Å². The number of carboxylic acids is 1. The van der Waals surface area contributed by atoms with Gasteiger partial charge in [-0.15, -0.1) is 0 Å². The summed E-state index contributed by atoms with van der Waals surface area (Å²) in [5, 5.41) is 8.70. The number of rotatable bonds is 4. The van der Waals surface area contributed by atoms with Gasteiger partial charge in [0.05, 0.1) is 0 Å². The van der Waals surface area contributed by atoms with Gasteiger partial charge in [-0.25, -0.2) is 0 Å². The molecule has 2 rings (SSSR count). The highest BCUT2D eigenvalue weighted by molar-refractivity contribution is 5.67.